The fraction of sp³-hybridized carbons (Fsp3) is 0.356. The molecule has 286 valence electrons. The molecule has 0 aliphatic carbocycles. The summed E-state index contributed by atoms with van der Waals surface area (Å²) < 4.78 is 38.3. The van der Waals surface area contributed by atoms with Crippen LogP contribution >= 0.6 is 0 Å². The van der Waals surface area contributed by atoms with Crippen molar-refractivity contribution in [2.45, 2.75) is 57.6 Å². The van der Waals surface area contributed by atoms with E-state index in [1.54, 1.807) is 27.5 Å². The Morgan fingerprint density at radius 2 is 1.55 bits per heavy atom. The second-order valence-electron chi connectivity index (χ2n) is 14.7. The molecular weight excluding hydrogens is 695 g/mol. The lowest BCUT2D eigenvalue weighted by Crippen LogP contribution is -2.35. The lowest BCUT2D eigenvalue weighted by atomic mass is 9.84. The second kappa shape index (κ2) is 15.9. The van der Waals surface area contributed by atoms with Gasteiger partial charge >= 0.3 is 0 Å². The normalized spacial score (nSPS) is 18.0. The summed E-state index contributed by atoms with van der Waals surface area (Å²) >= 11 is 0. The number of aromatic nitrogens is 1. The van der Waals surface area contributed by atoms with Crippen molar-refractivity contribution in [3.05, 3.63) is 129 Å². The number of hydrogen-bond donors (Lipinski definition) is 1. The molecule has 5 aromatic rings. The summed E-state index contributed by atoms with van der Waals surface area (Å²) in [5.74, 6) is 4.32. The molecule has 0 fully saturated rings. The standard InChI is InChI=1S/C45H49N3O7/c1-47-17-14-31-22-32(25-49)40-23-35(31)37(47)19-28-8-11-33(12-9-28)54-41-21-29(10-13-39(41)50-3)20-38-42-34(15-18-48(38)2)36(27-53-26-30-7-6-16-46-24-30)43(51-4)45(52-5)44(42)55-40/h6-13,16,21-24,37-38,49H,14-15,17-20,25-27H2,1-5H3/t37-,38-/m0/s1. The fourth-order valence-corrected chi connectivity index (χ4v) is 8.47. The van der Waals surface area contributed by atoms with E-state index in [1.807, 2.05) is 36.5 Å². The molecule has 2 atom stereocenters. The minimum absolute atomic E-state index is 0.102. The summed E-state index contributed by atoms with van der Waals surface area (Å²) in [4.78, 5) is 9.03. The maximum absolute atomic E-state index is 10.8. The van der Waals surface area contributed by atoms with E-state index in [4.69, 9.17) is 28.4 Å². The number of ether oxygens (including phenoxy) is 6. The Bertz CT molecular complexity index is 2160. The highest BCUT2D eigenvalue weighted by molar-refractivity contribution is 5.67. The zero-order valence-electron chi connectivity index (χ0n) is 32.3. The van der Waals surface area contributed by atoms with Crippen LogP contribution in [0.2, 0.25) is 0 Å². The van der Waals surface area contributed by atoms with E-state index in [1.165, 1.54) is 16.7 Å². The van der Waals surface area contributed by atoms with Gasteiger partial charge in [0, 0.05) is 54.3 Å². The summed E-state index contributed by atoms with van der Waals surface area (Å²) in [5, 5.41) is 10.8. The van der Waals surface area contributed by atoms with Crippen molar-refractivity contribution < 1.29 is 33.5 Å². The predicted octanol–water partition coefficient (Wildman–Crippen LogP) is 7.76. The van der Waals surface area contributed by atoms with Crippen LogP contribution in [-0.2, 0) is 50.2 Å². The molecule has 1 N–H and O–H groups in total. The Kier molecular flexibility index (Phi) is 10.7. The van der Waals surface area contributed by atoms with Crippen molar-refractivity contribution in [1.82, 2.24) is 14.8 Å². The molecule has 0 unspecified atom stereocenters. The first-order chi connectivity index (χ1) is 26.9. The number of fused-ring (bicyclic) bond motifs is 2. The maximum atomic E-state index is 10.8. The smallest absolute Gasteiger partial charge is 0.204 e. The molecule has 0 saturated carbocycles. The molecule has 0 saturated heterocycles. The summed E-state index contributed by atoms with van der Waals surface area (Å²) in [7, 11) is 9.31. The average Bonchev–Trinajstić information content (AvgIpc) is 3.21. The van der Waals surface area contributed by atoms with Gasteiger partial charge in [0.15, 0.2) is 23.0 Å². The fourth-order valence-electron chi connectivity index (χ4n) is 8.47. The minimum atomic E-state index is -0.162. The Hall–Kier alpha value is -5.13. The number of nitrogens with zero attached hydrogens (tertiary/aromatic N) is 3. The number of aliphatic hydroxyl groups excluding tert-OH is 1. The van der Waals surface area contributed by atoms with Crippen LogP contribution in [0.3, 0.4) is 0 Å². The number of benzene rings is 4. The summed E-state index contributed by atoms with van der Waals surface area (Å²) in [5.41, 5.74) is 9.46. The summed E-state index contributed by atoms with van der Waals surface area (Å²) in [6, 6.07) is 22.7. The van der Waals surface area contributed by atoms with Crippen molar-refractivity contribution in [2.24, 2.45) is 0 Å². The van der Waals surface area contributed by atoms with Gasteiger partial charge in [0.1, 0.15) is 11.5 Å². The number of aliphatic hydroxyl groups is 1. The predicted molar refractivity (Wildman–Crippen MR) is 210 cm³/mol. The quantitative estimate of drug-likeness (QED) is 0.170. The Balaban J connectivity index is 1.34. The first-order valence-electron chi connectivity index (χ1n) is 18.9. The van der Waals surface area contributed by atoms with Crippen LogP contribution in [0.25, 0.3) is 0 Å². The van der Waals surface area contributed by atoms with E-state index in [-0.39, 0.29) is 18.7 Å². The van der Waals surface area contributed by atoms with Crippen LogP contribution in [0.1, 0.15) is 62.2 Å². The van der Waals surface area contributed by atoms with Crippen molar-refractivity contribution in [3.63, 3.8) is 0 Å². The van der Waals surface area contributed by atoms with E-state index >= 15 is 0 Å². The third-order valence-corrected chi connectivity index (χ3v) is 11.4. The van der Waals surface area contributed by atoms with E-state index in [0.717, 1.165) is 71.5 Å². The van der Waals surface area contributed by atoms with Gasteiger partial charge in [-0.15, -0.1) is 0 Å². The van der Waals surface area contributed by atoms with Gasteiger partial charge in [-0.05, 0) is 116 Å². The molecule has 4 aliphatic heterocycles. The van der Waals surface area contributed by atoms with Gasteiger partial charge in [-0.1, -0.05) is 24.3 Å². The number of hydrogen-bond acceptors (Lipinski definition) is 10. The Morgan fingerprint density at radius 1 is 0.782 bits per heavy atom. The highest BCUT2D eigenvalue weighted by Crippen LogP contribution is 2.53. The summed E-state index contributed by atoms with van der Waals surface area (Å²) in [6.45, 7) is 2.27. The highest BCUT2D eigenvalue weighted by Gasteiger charge is 2.37. The van der Waals surface area contributed by atoms with E-state index in [2.05, 4.69) is 65.3 Å². The van der Waals surface area contributed by atoms with Crippen LogP contribution in [0.15, 0.2) is 79.1 Å². The average molecular weight is 744 g/mol. The van der Waals surface area contributed by atoms with Crippen LogP contribution in [0, 0.1) is 0 Å². The number of likely N-dealkylation sites (N-methyl/N-ethyl adjacent to an activating group) is 2. The lowest BCUT2D eigenvalue weighted by Gasteiger charge is -2.38. The Labute approximate surface area is 323 Å². The number of pyridine rings is 1. The van der Waals surface area contributed by atoms with Crippen molar-refractivity contribution >= 4 is 0 Å². The van der Waals surface area contributed by atoms with Gasteiger partial charge in [-0.3, -0.25) is 14.8 Å². The molecule has 6 bridgehead atoms. The molecule has 0 radical (unpaired) electrons. The zero-order valence-corrected chi connectivity index (χ0v) is 32.3. The Morgan fingerprint density at radius 3 is 2.29 bits per heavy atom. The minimum Gasteiger partial charge on any atom is -0.493 e. The van der Waals surface area contributed by atoms with Gasteiger partial charge in [0.25, 0.3) is 0 Å². The van der Waals surface area contributed by atoms with Crippen molar-refractivity contribution in [3.8, 4) is 40.2 Å². The largest absolute Gasteiger partial charge is 0.493 e. The molecule has 10 heteroatoms. The van der Waals surface area contributed by atoms with Gasteiger partial charge in [-0.2, -0.15) is 0 Å². The first-order valence-corrected chi connectivity index (χ1v) is 18.9. The molecule has 0 spiro atoms. The van der Waals surface area contributed by atoms with Gasteiger partial charge in [0.05, 0.1) is 41.2 Å². The van der Waals surface area contributed by atoms with Crippen molar-refractivity contribution in [2.75, 3.05) is 48.5 Å². The van der Waals surface area contributed by atoms with E-state index in [9.17, 15) is 5.11 Å². The first kappa shape index (κ1) is 36.8. The van der Waals surface area contributed by atoms with Crippen LogP contribution in [0.4, 0.5) is 0 Å². The monoisotopic (exact) mass is 743 g/mol. The third-order valence-electron chi connectivity index (χ3n) is 11.4. The summed E-state index contributed by atoms with van der Waals surface area (Å²) in [6.07, 6.45) is 6.66. The third kappa shape index (κ3) is 7.23. The molecule has 5 heterocycles. The molecule has 10 nitrogen and oxygen atoms in total. The van der Waals surface area contributed by atoms with Gasteiger partial charge in [0.2, 0.25) is 5.75 Å². The van der Waals surface area contributed by atoms with Crippen molar-refractivity contribution in [1.29, 1.82) is 0 Å². The lowest BCUT2D eigenvalue weighted by molar-refractivity contribution is 0.103. The maximum Gasteiger partial charge on any atom is 0.204 e. The highest BCUT2D eigenvalue weighted by atomic mass is 16.5. The number of methoxy groups -OCH3 is 3. The molecule has 1 aromatic heterocycles. The van der Waals surface area contributed by atoms with E-state index in [0.29, 0.717) is 54.1 Å². The number of rotatable bonds is 8. The van der Waals surface area contributed by atoms with Gasteiger partial charge in [-0.25, -0.2) is 0 Å². The second-order valence-corrected chi connectivity index (χ2v) is 14.7. The zero-order chi connectivity index (χ0) is 38.1. The van der Waals surface area contributed by atoms with Gasteiger partial charge < -0.3 is 33.5 Å². The molecule has 0 amide bonds. The molecule has 4 aromatic carbocycles. The van der Waals surface area contributed by atoms with Crippen LogP contribution in [0.5, 0.6) is 40.2 Å². The van der Waals surface area contributed by atoms with E-state index < -0.39 is 0 Å². The van der Waals surface area contributed by atoms with Crippen LogP contribution < -0.4 is 23.7 Å². The topological polar surface area (TPSA) is 95.0 Å². The molecule has 4 aliphatic rings. The molecule has 9 rings (SSSR count). The van der Waals surface area contributed by atoms with Crippen LogP contribution in [-0.4, -0.2) is 68.4 Å². The molecule has 55 heavy (non-hydrogen) atoms. The molecular formula is C45H49N3O7. The SMILES string of the molecule is COc1ccc2cc1Oc1ccc(cc1)C[C@H]1c3cc(c(CO)cc3CCN1C)Oc1c(OC)c(OC)c(COCc3cccnc3)c3c1[C@H](C2)N(C)CC3.